The number of para-hydroxylation sites is 1. The Morgan fingerprint density at radius 2 is 1.51 bits per heavy atom. The summed E-state index contributed by atoms with van der Waals surface area (Å²) in [7, 11) is -4.33. The van der Waals surface area contributed by atoms with Crippen molar-refractivity contribution in [2.45, 2.75) is 52.1 Å². The van der Waals surface area contributed by atoms with Crippen LogP contribution in [0, 0.1) is 25.6 Å². The van der Waals surface area contributed by atoms with Crippen LogP contribution >= 0.6 is 0 Å². The van der Waals surface area contributed by atoms with Crippen molar-refractivity contribution in [2.75, 3.05) is 17.4 Å². The minimum absolute atomic E-state index is 0.0719. The first-order valence-electron chi connectivity index (χ1n) is 12.9. The number of rotatable bonds is 11. The molecular formula is C30H36FN3O4S. The molecule has 1 unspecified atom stereocenters. The van der Waals surface area contributed by atoms with E-state index in [4.69, 9.17) is 0 Å². The predicted molar refractivity (Wildman–Crippen MR) is 151 cm³/mol. The summed E-state index contributed by atoms with van der Waals surface area (Å²) in [5.74, 6) is -1.57. The maximum Gasteiger partial charge on any atom is 0.264 e. The summed E-state index contributed by atoms with van der Waals surface area (Å²) in [5, 5.41) is 2.85. The Labute approximate surface area is 230 Å². The van der Waals surface area contributed by atoms with E-state index < -0.39 is 34.3 Å². The second kappa shape index (κ2) is 12.9. The minimum atomic E-state index is -4.33. The highest BCUT2D eigenvalue weighted by atomic mass is 32.2. The average molecular weight is 554 g/mol. The van der Waals surface area contributed by atoms with E-state index in [1.165, 1.54) is 35.2 Å². The fourth-order valence-electron chi connectivity index (χ4n) is 4.01. The van der Waals surface area contributed by atoms with Crippen LogP contribution in [0.2, 0.25) is 0 Å². The zero-order valence-corrected chi connectivity index (χ0v) is 23.8. The van der Waals surface area contributed by atoms with E-state index in [-0.39, 0.29) is 29.0 Å². The fraction of sp³-hybridized carbons (Fsp3) is 0.333. The van der Waals surface area contributed by atoms with Crippen LogP contribution in [0.1, 0.15) is 37.5 Å². The number of halogens is 1. The fourth-order valence-corrected chi connectivity index (χ4v) is 5.43. The van der Waals surface area contributed by atoms with Gasteiger partial charge in [-0.3, -0.25) is 13.9 Å². The van der Waals surface area contributed by atoms with Gasteiger partial charge in [0.15, 0.2) is 0 Å². The summed E-state index contributed by atoms with van der Waals surface area (Å²) in [6, 6.07) is 18.1. The van der Waals surface area contributed by atoms with Crippen molar-refractivity contribution in [1.82, 2.24) is 10.2 Å². The second-order valence-corrected chi connectivity index (χ2v) is 11.9. The third-order valence-corrected chi connectivity index (χ3v) is 8.24. The lowest BCUT2D eigenvalue weighted by Crippen LogP contribution is -2.51. The van der Waals surface area contributed by atoms with Gasteiger partial charge in [0, 0.05) is 13.1 Å². The minimum Gasteiger partial charge on any atom is -0.354 e. The zero-order valence-electron chi connectivity index (χ0n) is 23.0. The highest BCUT2D eigenvalue weighted by Gasteiger charge is 2.33. The molecule has 9 heteroatoms. The lowest BCUT2D eigenvalue weighted by atomic mass is 10.1. The highest BCUT2D eigenvalue weighted by Crippen LogP contribution is 2.27. The van der Waals surface area contributed by atoms with Gasteiger partial charge in [-0.25, -0.2) is 12.8 Å². The molecule has 0 radical (unpaired) electrons. The van der Waals surface area contributed by atoms with E-state index in [0.717, 1.165) is 27.1 Å². The van der Waals surface area contributed by atoms with Gasteiger partial charge >= 0.3 is 0 Å². The lowest BCUT2D eigenvalue weighted by molar-refractivity contribution is -0.139. The molecule has 7 nitrogen and oxygen atoms in total. The van der Waals surface area contributed by atoms with Crippen molar-refractivity contribution in [2.24, 2.45) is 5.92 Å². The van der Waals surface area contributed by atoms with E-state index >= 15 is 0 Å². The zero-order chi connectivity index (χ0) is 28.7. The van der Waals surface area contributed by atoms with Crippen molar-refractivity contribution >= 4 is 27.5 Å². The van der Waals surface area contributed by atoms with Gasteiger partial charge in [0.25, 0.3) is 10.0 Å². The Hall–Kier alpha value is -3.72. The Morgan fingerprint density at radius 3 is 2.13 bits per heavy atom. The standard InChI is InChI=1S/C30H36FN3O4S/c1-21(2)18-32-30(36)24(5)33(19-25-11-7-6-10-23(25)4)29(35)20-34(28-13-9-8-12-27(28)31)39(37,38)26-16-14-22(3)15-17-26/h6-17,21,24H,18-20H2,1-5H3,(H,32,36). The van der Waals surface area contributed by atoms with Crippen molar-refractivity contribution in [3.8, 4) is 0 Å². The topological polar surface area (TPSA) is 86.8 Å². The quantitative estimate of drug-likeness (QED) is 0.369. The number of sulfonamides is 1. The second-order valence-electron chi connectivity index (χ2n) is 10.0. The van der Waals surface area contributed by atoms with E-state index in [9.17, 15) is 22.4 Å². The van der Waals surface area contributed by atoms with Crippen molar-refractivity contribution in [3.05, 3.63) is 95.3 Å². The van der Waals surface area contributed by atoms with Gasteiger partial charge in [0.2, 0.25) is 11.8 Å². The number of carbonyl (C=O) groups excluding carboxylic acids is 2. The number of nitrogens with zero attached hydrogens (tertiary/aromatic N) is 2. The molecule has 1 atom stereocenters. The molecule has 0 aliphatic heterocycles. The lowest BCUT2D eigenvalue weighted by Gasteiger charge is -2.32. The summed E-state index contributed by atoms with van der Waals surface area (Å²) in [6.45, 7) is 9.07. The highest BCUT2D eigenvalue weighted by molar-refractivity contribution is 7.92. The normalized spacial score (nSPS) is 12.2. The van der Waals surface area contributed by atoms with Crippen LogP contribution < -0.4 is 9.62 Å². The molecule has 0 saturated heterocycles. The van der Waals surface area contributed by atoms with E-state index in [1.54, 1.807) is 19.1 Å². The van der Waals surface area contributed by atoms with Crippen LogP contribution in [-0.2, 0) is 26.2 Å². The van der Waals surface area contributed by atoms with Crippen LogP contribution in [-0.4, -0.2) is 44.3 Å². The smallest absolute Gasteiger partial charge is 0.264 e. The molecule has 0 heterocycles. The molecule has 1 N–H and O–H groups in total. The van der Waals surface area contributed by atoms with Gasteiger partial charge in [-0.15, -0.1) is 0 Å². The maximum absolute atomic E-state index is 15.0. The van der Waals surface area contributed by atoms with E-state index in [2.05, 4.69) is 5.32 Å². The monoisotopic (exact) mass is 553 g/mol. The van der Waals surface area contributed by atoms with Crippen LogP contribution in [0.4, 0.5) is 10.1 Å². The number of nitrogens with one attached hydrogen (secondary N) is 1. The molecule has 3 aromatic carbocycles. The number of hydrogen-bond acceptors (Lipinski definition) is 4. The number of benzene rings is 3. The van der Waals surface area contributed by atoms with Crippen molar-refractivity contribution in [1.29, 1.82) is 0 Å². The molecular weight excluding hydrogens is 517 g/mol. The van der Waals surface area contributed by atoms with Crippen molar-refractivity contribution < 1.29 is 22.4 Å². The summed E-state index contributed by atoms with van der Waals surface area (Å²) in [6.07, 6.45) is 0. The summed E-state index contributed by atoms with van der Waals surface area (Å²) in [4.78, 5) is 28.2. The van der Waals surface area contributed by atoms with Crippen LogP contribution in [0.5, 0.6) is 0 Å². The number of carbonyl (C=O) groups is 2. The number of aryl methyl sites for hydroxylation is 2. The maximum atomic E-state index is 15.0. The third kappa shape index (κ3) is 7.44. The molecule has 3 aromatic rings. The third-order valence-electron chi connectivity index (χ3n) is 6.46. The van der Waals surface area contributed by atoms with Crippen LogP contribution in [0.3, 0.4) is 0 Å². The largest absolute Gasteiger partial charge is 0.354 e. The first-order valence-corrected chi connectivity index (χ1v) is 14.3. The Kier molecular flexibility index (Phi) is 9.86. The SMILES string of the molecule is Cc1ccc(S(=O)(=O)N(CC(=O)N(Cc2ccccc2C)C(C)C(=O)NCC(C)C)c2ccccc2F)cc1. The van der Waals surface area contributed by atoms with Crippen LogP contribution in [0.15, 0.2) is 77.7 Å². The Bertz CT molecular complexity index is 1410. The molecule has 0 fully saturated rings. The number of anilines is 1. The molecule has 0 saturated carbocycles. The van der Waals surface area contributed by atoms with Crippen LogP contribution in [0.25, 0.3) is 0 Å². The first-order chi connectivity index (χ1) is 18.4. The van der Waals surface area contributed by atoms with Gasteiger partial charge in [-0.05, 0) is 62.1 Å². The molecule has 39 heavy (non-hydrogen) atoms. The molecule has 0 aliphatic rings. The molecule has 0 aromatic heterocycles. The Balaban J connectivity index is 2.03. The summed E-state index contributed by atoms with van der Waals surface area (Å²) >= 11 is 0. The van der Waals surface area contributed by atoms with Gasteiger partial charge in [-0.1, -0.05) is 67.9 Å². The molecule has 3 rings (SSSR count). The first kappa shape index (κ1) is 29.8. The van der Waals surface area contributed by atoms with Gasteiger partial charge in [0.05, 0.1) is 10.6 Å². The number of amides is 2. The molecule has 0 spiro atoms. The molecule has 2 amide bonds. The summed E-state index contributed by atoms with van der Waals surface area (Å²) < 4.78 is 43.3. The molecule has 208 valence electrons. The van der Waals surface area contributed by atoms with Gasteiger partial charge in [0.1, 0.15) is 18.4 Å². The molecule has 0 aliphatic carbocycles. The summed E-state index contributed by atoms with van der Waals surface area (Å²) in [5.41, 5.74) is 2.34. The predicted octanol–water partition coefficient (Wildman–Crippen LogP) is 4.83. The van der Waals surface area contributed by atoms with Gasteiger partial charge < -0.3 is 10.2 Å². The molecule has 0 bridgehead atoms. The van der Waals surface area contributed by atoms with E-state index in [0.29, 0.717) is 6.54 Å². The van der Waals surface area contributed by atoms with Gasteiger partial charge in [-0.2, -0.15) is 0 Å². The van der Waals surface area contributed by atoms with Crippen molar-refractivity contribution in [3.63, 3.8) is 0 Å². The van der Waals surface area contributed by atoms with E-state index in [1.807, 2.05) is 52.0 Å². The Morgan fingerprint density at radius 1 is 0.897 bits per heavy atom. The average Bonchev–Trinajstić information content (AvgIpc) is 2.90. The number of hydrogen-bond donors (Lipinski definition) is 1.